The number of hydrogen-bond donors (Lipinski definition) is 2. The van der Waals surface area contributed by atoms with Crippen molar-refractivity contribution in [2.75, 3.05) is 17.7 Å². The van der Waals surface area contributed by atoms with Gasteiger partial charge in [-0.3, -0.25) is 4.79 Å². The van der Waals surface area contributed by atoms with Crippen molar-refractivity contribution in [3.63, 3.8) is 0 Å². The Morgan fingerprint density at radius 1 is 0.972 bits per heavy atom. The molecule has 36 heavy (non-hydrogen) atoms. The molecular weight excluding hydrogens is 452 g/mol. The normalized spacial score (nSPS) is 10.6. The van der Waals surface area contributed by atoms with Crippen molar-refractivity contribution >= 4 is 23.2 Å². The van der Waals surface area contributed by atoms with E-state index in [1.54, 1.807) is 44.0 Å². The van der Waals surface area contributed by atoms with E-state index in [2.05, 4.69) is 25.6 Å². The molecule has 0 aliphatic carbocycles. The van der Waals surface area contributed by atoms with Crippen LogP contribution in [0, 0.1) is 6.92 Å². The molecule has 8 heteroatoms. The van der Waals surface area contributed by atoms with E-state index >= 15 is 0 Å². The first kappa shape index (κ1) is 22.8. The number of aryl methyl sites for hydroxylation is 1. The molecule has 0 radical (unpaired) electrons. The fraction of sp³-hybridized carbons (Fsp3) is 0.0714. The first-order valence-electron chi connectivity index (χ1n) is 11.3. The minimum atomic E-state index is -0.250. The van der Waals surface area contributed by atoms with E-state index < -0.39 is 0 Å². The predicted octanol–water partition coefficient (Wildman–Crippen LogP) is 5.64. The lowest BCUT2D eigenvalue weighted by atomic mass is 10.1. The molecule has 2 N–H and O–H groups in total. The molecule has 0 atom stereocenters. The number of amides is 1. The van der Waals surface area contributed by atoms with Gasteiger partial charge in [0, 0.05) is 41.2 Å². The van der Waals surface area contributed by atoms with Crippen molar-refractivity contribution in [3.05, 3.63) is 109 Å². The average Bonchev–Trinajstić information content (AvgIpc) is 3.46. The Labute approximate surface area is 208 Å². The molecule has 178 valence electrons. The lowest BCUT2D eigenvalue weighted by Crippen LogP contribution is -2.13. The molecule has 0 fully saturated rings. The molecule has 2 heterocycles. The lowest BCUT2D eigenvalue weighted by Gasteiger charge is -2.13. The van der Waals surface area contributed by atoms with Gasteiger partial charge in [-0.15, -0.1) is 0 Å². The third-order valence-corrected chi connectivity index (χ3v) is 5.71. The second kappa shape index (κ2) is 10.1. The van der Waals surface area contributed by atoms with Crippen LogP contribution in [0.2, 0.25) is 0 Å². The molecule has 3 aromatic carbocycles. The van der Waals surface area contributed by atoms with Crippen LogP contribution in [-0.2, 0) is 0 Å². The highest BCUT2D eigenvalue weighted by atomic mass is 16.5. The van der Waals surface area contributed by atoms with Crippen LogP contribution in [0.5, 0.6) is 5.75 Å². The van der Waals surface area contributed by atoms with Crippen LogP contribution in [0.25, 0.3) is 16.9 Å². The summed E-state index contributed by atoms with van der Waals surface area (Å²) in [7, 11) is 1.54. The predicted molar refractivity (Wildman–Crippen MR) is 140 cm³/mol. The highest BCUT2D eigenvalue weighted by molar-refractivity contribution is 6.06. The minimum Gasteiger partial charge on any atom is -0.496 e. The molecule has 5 aromatic rings. The number of benzene rings is 3. The van der Waals surface area contributed by atoms with Crippen molar-refractivity contribution in [3.8, 4) is 22.7 Å². The van der Waals surface area contributed by atoms with Gasteiger partial charge in [-0.05, 0) is 55.0 Å². The molecule has 0 saturated carbocycles. The van der Waals surface area contributed by atoms with Gasteiger partial charge in [0.05, 0.1) is 24.7 Å². The molecule has 8 nitrogen and oxygen atoms in total. The van der Waals surface area contributed by atoms with Crippen LogP contribution in [0.3, 0.4) is 0 Å². The Hall–Kier alpha value is -4.98. The molecule has 0 spiro atoms. The van der Waals surface area contributed by atoms with Crippen LogP contribution in [0.4, 0.5) is 17.3 Å². The summed E-state index contributed by atoms with van der Waals surface area (Å²) < 4.78 is 7.25. The second-order valence-electron chi connectivity index (χ2n) is 8.09. The van der Waals surface area contributed by atoms with E-state index in [1.165, 1.54) is 0 Å². The highest BCUT2D eigenvalue weighted by Gasteiger charge is 2.13. The summed E-state index contributed by atoms with van der Waals surface area (Å²) in [6, 6.07) is 22.7. The Kier molecular flexibility index (Phi) is 6.40. The summed E-state index contributed by atoms with van der Waals surface area (Å²) in [6.45, 7) is 1.98. The van der Waals surface area contributed by atoms with Gasteiger partial charge in [-0.25, -0.2) is 15.0 Å². The van der Waals surface area contributed by atoms with E-state index in [1.807, 2.05) is 72.3 Å². The Bertz CT molecular complexity index is 1500. The summed E-state index contributed by atoms with van der Waals surface area (Å²) in [6.07, 6.45) is 7.13. The zero-order chi connectivity index (χ0) is 24.9. The second-order valence-corrected chi connectivity index (χ2v) is 8.09. The van der Waals surface area contributed by atoms with Gasteiger partial charge in [0.1, 0.15) is 5.75 Å². The van der Waals surface area contributed by atoms with Crippen LogP contribution in [-0.4, -0.2) is 32.5 Å². The zero-order valence-electron chi connectivity index (χ0n) is 19.8. The van der Waals surface area contributed by atoms with Crippen molar-refractivity contribution in [1.29, 1.82) is 0 Å². The summed E-state index contributed by atoms with van der Waals surface area (Å²) in [5, 5.41) is 6.22. The quantitative estimate of drug-likeness (QED) is 0.316. The van der Waals surface area contributed by atoms with E-state index in [0.29, 0.717) is 22.9 Å². The Morgan fingerprint density at radius 2 is 1.81 bits per heavy atom. The average molecular weight is 477 g/mol. The third-order valence-electron chi connectivity index (χ3n) is 5.71. The number of carbonyl (C=O) groups is 1. The number of methoxy groups -OCH3 is 1. The monoisotopic (exact) mass is 476 g/mol. The van der Waals surface area contributed by atoms with Crippen molar-refractivity contribution < 1.29 is 9.53 Å². The standard InChI is InChI=1S/C28H24N6O2/c1-19-7-10-21(31-27(35)23-5-3-4-6-26(23)36-2)17-25(19)33-28-30-14-13-24(32-28)20-8-11-22(12-9-20)34-16-15-29-18-34/h3-18H,1-2H3,(H,31,35)(H,30,32,33). The molecule has 0 saturated heterocycles. The number of ether oxygens (including phenoxy) is 1. The molecular formula is C28H24N6O2. The number of hydrogen-bond acceptors (Lipinski definition) is 6. The first-order chi connectivity index (χ1) is 17.6. The molecule has 2 aromatic heterocycles. The summed E-state index contributed by atoms with van der Waals surface area (Å²) in [5.41, 5.74) is 5.67. The van der Waals surface area contributed by atoms with Crippen molar-refractivity contribution in [2.24, 2.45) is 0 Å². The summed E-state index contributed by atoms with van der Waals surface area (Å²) in [5.74, 6) is 0.728. The largest absolute Gasteiger partial charge is 0.496 e. The van der Waals surface area contributed by atoms with E-state index in [4.69, 9.17) is 4.74 Å². The summed E-state index contributed by atoms with van der Waals surface area (Å²) >= 11 is 0. The molecule has 5 rings (SSSR count). The fourth-order valence-corrected chi connectivity index (χ4v) is 3.78. The maximum Gasteiger partial charge on any atom is 0.259 e. The smallest absolute Gasteiger partial charge is 0.259 e. The van der Waals surface area contributed by atoms with Gasteiger partial charge in [0.15, 0.2) is 0 Å². The molecule has 0 bridgehead atoms. The fourth-order valence-electron chi connectivity index (χ4n) is 3.78. The van der Waals surface area contributed by atoms with E-state index in [9.17, 15) is 4.79 Å². The Morgan fingerprint density at radius 3 is 2.58 bits per heavy atom. The van der Waals surface area contributed by atoms with Crippen LogP contribution < -0.4 is 15.4 Å². The van der Waals surface area contributed by atoms with E-state index in [0.717, 1.165) is 28.2 Å². The highest BCUT2D eigenvalue weighted by Crippen LogP contribution is 2.26. The topological polar surface area (TPSA) is 94.0 Å². The maximum absolute atomic E-state index is 12.8. The van der Waals surface area contributed by atoms with Crippen LogP contribution >= 0.6 is 0 Å². The van der Waals surface area contributed by atoms with Gasteiger partial charge in [-0.2, -0.15) is 0 Å². The van der Waals surface area contributed by atoms with Crippen LogP contribution in [0.1, 0.15) is 15.9 Å². The van der Waals surface area contributed by atoms with Crippen molar-refractivity contribution in [1.82, 2.24) is 19.5 Å². The van der Waals surface area contributed by atoms with E-state index in [-0.39, 0.29) is 5.91 Å². The van der Waals surface area contributed by atoms with Crippen LogP contribution in [0.15, 0.2) is 97.7 Å². The molecule has 1 amide bonds. The lowest BCUT2D eigenvalue weighted by molar-refractivity contribution is 0.102. The number of aromatic nitrogens is 4. The first-order valence-corrected chi connectivity index (χ1v) is 11.3. The molecule has 0 aliphatic rings. The maximum atomic E-state index is 12.8. The van der Waals surface area contributed by atoms with Crippen molar-refractivity contribution in [2.45, 2.75) is 6.92 Å². The van der Waals surface area contributed by atoms with Gasteiger partial charge in [0.2, 0.25) is 5.95 Å². The number of nitrogens with one attached hydrogen (secondary N) is 2. The van der Waals surface area contributed by atoms with Gasteiger partial charge in [0.25, 0.3) is 5.91 Å². The number of para-hydroxylation sites is 1. The number of imidazole rings is 1. The Balaban J connectivity index is 1.34. The number of rotatable bonds is 7. The van der Waals surface area contributed by atoms with Gasteiger partial charge >= 0.3 is 0 Å². The number of nitrogens with zero attached hydrogens (tertiary/aromatic N) is 4. The number of anilines is 3. The summed E-state index contributed by atoms with van der Waals surface area (Å²) in [4.78, 5) is 26.0. The minimum absolute atomic E-state index is 0.250. The zero-order valence-corrected chi connectivity index (χ0v) is 19.8. The SMILES string of the molecule is COc1ccccc1C(=O)Nc1ccc(C)c(Nc2nccc(-c3ccc(-n4ccnc4)cc3)n2)c1. The molecule has 0 aliphatic heterocycles. The molecule has 0 unspecified atom stereocenters. The van der Waals surface area contributed by atoms with Gasteiger partial charge in [-0.1, -0.05) is 30.3 Å². The van der Waals surface area contributed by atoms with Gasteiger partial charge < -0.3 is 19.9 Å². The number of carbonyl (C=O) groups excluding carboxylic acids is 1. The third kappa shape index (κ3) is 4.92.